The first kappa shape index (κ1) is 13.5. The second kappa shape index (κ2) is 5.80. The van der Waals surface area contributed by atoms with Crippen LogP contribution in [0, 0.1) is 20.8 Å². The van der Waals surface area contributed by atoms with Gasteiger partial charge in [0.2, 0.25) is 0 Å². The molecule has 0 bridgehead atoms. The van der Waals surface area contributed by atoms with E-state index in [1.54, 1.807) is 12.3 Å². The maximum atomic E-state index is 11.7. The van der Waals surface area contributed by atoms with Gasteiger partial charge in [-0.15, -0.1) is 11.3 Å². The van der Waals surface area contributed by atoms with Crippen LogP contribution >= 0.6 is 11.3 Å². The summed E-state index contributed by atoms with van der Waals surface area (Å²) in [6.07, 6.45) is 1.70. The van der Waals surface area contributed by atoms with E-state index in [2.05, 4.69) is 29.6 Å². The van der Waals surface area contributed by atoms with E-state index in [1.807, 2.05) is 25.3 Å². The van der Waals surface area contributed by atoms with Gasteiger partial charge in [0, 0.05) is 5.56 Å². The third-order valence-corrected chi connectivity index (χ3v) is 3.71. The van der Waals surface area contributed by atoms with Crippen molar-refractivity contribution in [3.63, 3.8) is 0 Å². The Labute approximate surface area is 117 Å². The predicted octanol–water partition coefficient (Wildman–Crippen LogP) is 3.44. The maximum Gasteiger partial charge on any atom is 0.281 e. The number of hydrogen-bond donors (Lipinski definition) is 1. The van der Waals surface area contributed by atoms with E-state index in [4.69, 9.17) is 0 Å². The number of rotatable bonds is 3. The zero-order valence-electron chi connectivity index (χ0n) is 11.2. The van der Waals surface area contributed by atoms with E-state index in [9.17, 15) is 4.79 Å². The molecule has 19 heavy (non-hydrogen) atoms. The summed E-state index contributed by atoms with van der Waals surface area (Å²) in [5, 5.41) is 5.90. The zero-order chi connectivity index (χ0) is 13.8. The molecule has 98 valence electrons. The van der Waals surface area contributed by atoms with Crippen molar-refractivity contribution in [2.75, 3.05) is 0 Å². The lowest BCUT2D eigenvalue weighted by Gasteiger charge is -2.06. The van der Waals surface area contributed by atoms with Crippen LogP contribution in [0.3, 0.4) is 0 Å². The molecule has 0 aliphatic heterocycles. The second-order valence-corrected chi connectivity index (χ2v) is 5.44. The number of hydrazone groups is 1. The van der Waals surface area contributed by atoms with Crippen LogP contribution in [0.4, 0.5) is 0 Å². The van der Waals surface area contributed by atoms with E-state index >= 15 is 0 Å². The molecule has 0 aliphatic rings. The van der Waals surface area contributed by atoms with Crippen molar-refractivity contribution in [1.29, 1.82) is 0 Å². The van der Waals surface area contributed by atoms with Gasteiger partial charge in [-0.25, -0.2) is 5.43 Å². The summed E-state index contributed by atoms with van der Waals surface area (Å²) in [7, 11) is 0. The lowest BCUT2D eigenvalue weighted by Crippen LogP contribution is -2.16. The van der Waals surface area contributed by atoms with E-state index in [0.29, 0.717) is 4.88 Å². The summed E-state index contributed by atoms with van der Waals surface area (Å²) in [5.41, 5.74) is 7.15. The highest BCUT2D eigenvalue weighted by Gasteiger charge is 2.04. The van der Waals surface area contributed by atoms with E-state index in [-0.39, 0.29) is 5.91 Å². The van der Waals surface area contributed by atoms with Gasteiger partial charge in [0.05, 0.1) is 11.1 Å². The molecule has 1 N–H and O–H groups in total. The van der Waals surface area contributed by atoms with Gasteiger partial charge in [-0.05, 0) is 43.3 Å². The third-order valence-electron chi connectivity index (χ3n) is 2.84. The zero-order valence-corrected chi connectivity index (χ0v) is 12.0. The fourth-order valence-corrected chi connectivity index (χ4v) is 2.63. The van der Waals surface area contributed by atoms with Crippen LogP contribution in [0.5, 0.6) is 0 Å². The first-order valence-electron chi connectivity index (χ1n) is 6.02. The van der Waals surface area contributed by atoms with Crippen LogP contribution in [0.15, 0.2) is 34.7 Å². The maximum absolute atomic E-state index is 11.7. The molecule has 4 heteroatoms. The van der Waals surface area contributed by atoms with Crippen LogP contribution in [-0.4, -0.2) is 12.1 Å². The number of carbonyl (C=O) groups excluding carboxylic acids is 1. The average molecular weight is 272 g/mol. The topological polar surface area (TPSA) is 41.5 Å². The Bertz CT molecular complexity index is 592. The molecule has 0 fully saturated rings. The molecule has 0 atom stereocenters. The fourth-order valence-electron chi connectivity index (χ4n) is 2.01. The summed E-state index contributed by atoms with van der Waals surface area (Å²) >= 11 is 1.40. The summed E-state index contributed by atoms with van der Waals surface area (Å²) in [6, 6.07) is 7.83. The van der Waals surface area contributed by atoms with Crippen molar-refractivity contribution >= 4 is 23.5 Å². The highest BCUT2D eigenvalue weighted by atomic mass is 32.1. The van der Waals surface area contributed by atoms with Gasteiger partial charge in [-0.2, -0.15) is 5.10 Å². The molecule has 0 aliphatic carbocycles. The number of aryl methyl sites for hydroxylation is 3. The smallest absolute Gasteiger partial charge is 0.266 e. The fraction of sp³-hybridized carbons (Fsp3) is 0.200. The van der Waals surface area contributed by atoms with Crippen molar-refractivity contribution < 1.29 is 4.79 Å². The van der Waals surface area contributed by atoms with Gasteiger partial charge >= 0.3 is 0 Å². The summed E-state index contributed by atoms with van der Waals surface area (Å²) in [4.78, 5) is 12.4. The highest BCUT2D eigenvalue weighted by molar-refractivity contribution is 7.12. The molecule has 3 nitrogen and oxygen atoms in total. The van der Waals surface area contributed by atoms with Crippen molar-refractivity contribution in [3.8, 4) is 0 Å². The van der Waals surface area contributed by atoms with Crippen molar-refractivity contribution in [3.05, 3.63) is 56.8 Å². The van der Waals surface area contributed by atoms with Crippen LogP contribution in [0.1, 0.15) is 31.9 Å². The normalized spacial score (nSPS) is 10.9. The molecular weight excluding hydrogens is 256 g/mol. The SMILES string of the molecule is Cc1cc(C)c(C=NNC(=O)c2cccs2)c(C)c1. The molecule has 1 amide bonds. The number of benzene rings is 1. The minimum Gasteiger partial charge on any atom is -0.266 e. The van der Waals surface area contributed by atoms with Crippen molar-refractivity contribution in [2.45, 2.75) is 20.8 Å². The lowest BCUT2D eigenvalue weighted by molar-refractivity contribution is 0.0959. The number of hydrogen-bond acceptors (Lipinski definition) is 3. The Balaban J connectivity index is 2.10. The van der Waals surface area contributed by atoms with Gasteiger partial charge in [0.15, 0.2) is 0 Å². The van der Waals surface area contributed by atoms with Gasteiger partial charge in [-0.1, -0.05) is 23.8 Å². The largest absolute Gasteiger partial charge is 0.281 e. The van der Waals surface area contributed by atoms with Crippen LogP contribution < -0.4 is 5.43 Å². The molecule has 1 aromatic heterocycles. The Morgan fingerprint density at radius 1 is 1.26 bits per heavy atom. The predicted molar refractivity (Wildman–Crippen MR) is 80.0 cm³/mol. The molecular formula is C15H16N2OS. The molecule has 2 rings (SSSR count). The van der Waals surface area contributed by atoms with E-state index in [0.717, 1.165) is 16.7 Å². The number of amides is 1. The Kier molecular flexibility index (Phi) is 4.12. The molecule has 0 radical (unpaired) electrons. The van der Waals surface area contributed by atoms with Gasteiger partial charge in [-0.3, -0.25) is 4.79 Å². The molecule has 2 aromatic rings. The second-order valence-electron chi connectivity index (χ2n) is 4.49. The summed E-state index contributed by atoms with van der Waals surface area (Å²) in [6.45, 7) is 6.16. The van der Waals surface area contributed by atoms with E-state index in [1.165, 1.54) is 16.9 Å². The molecule has 0 saturated heterocycles. The Morgan fingerprint density at radius 2 is 1.95 bits per heavy atom. The number of nitrogens with one attached hydrogen (secondary N) is 1. The Morgan fingerprint density at radius 3 is 2.53 bits per heavy atom. The minimum absolute atomic E-state index is 0.173. The van der Waals surface area contributed by atoms with Crippen molar-refractivity contribution in [1.82, 2.24) is 5.43 Å². The summed E-state index contributed by atoms with van der Waals surface area (Å²) < 4.78 is 0. The third kappa shape index (κ3) is 3.29. The van der Waals surface area contributed by atoms with Gasteiger partial charge in [0.25, 0.3) is 5.91 Å². The highest BCUT2D eigenvalue weighted by Crippen LogP contribution is 2.14. The molecule has 0 saturated carbocycles. The average Bonchev–Trinajstić information content (AvgIpc) is 2.85. The number of thiophene rings is 1. The van der Waals surface area contributed by atoms with Crippen LogP contribution in [0.25, 0.3) is 0 Å². The number of carbonyl (C=O) groups is 1. The molecule has 1 heterocycles. The quantitative estimate of drug-likeness (QED) is 0.675. The Hall–Kier alpha value is -1.94. The van der Waals surface area contributed by atoms with Crippen molar-refractivity contribution in [2.24, 2.45) is 5.10 Å². The first-order valence-corrected chi connectivity index (χ1v) is 6.90. The minimum atomic E-state index is -0.173. The molecule has 0 unspecified atom stereocenters. The standard InChI is InChI=1S/C15H16N2OS/c1-10-7-11(2)13(12(3)8-10)9-16-17-15(18)14-5-4-6-19-14/h4-9H,1-3H3,(H,17,18). The van der Waals surface area contributed by atoms with Crippen LogP contribution in [0.2, 0.25) is 0 Å². The number of nitrogens with zero attached hydrogens (tertiary/aromatic N) is 1. The monoisotopic (exact) mass is 272 g/mol. The van der Waals surface area contributed by atoms with Gasteiger partial charge in [0.1, 0.15) is 0 Å². The van der Waals surface area contributed by atoms with E-state index < -0.39 is 0 Å². The lowest BCUT2D eigenvalue weighted by atomic mass is 10.0. The molecule has 1 aromatic carbocycles. The molecule has 0 spiro atoms. The van der Waals surface area contributed by atoms with Gasteiger partial charge < -0.3 is 0 Å². The summed E-state index contributed by atoms with van der Waals surface area (Å²) in [5.74, 6) is -0.173. The first-order chi connectivity index (χ1) is 9.08. The van der Waals surface area contributed by atoms with Crippen LogP contribution in [-0.2, 0) is 0 Å².